The molecule has 27 heavy (non-hydrogen) atoms. The first-order valence-corrected chi connectivity index (χ1v) is 9.77. The van der Waals surface area contributed by atoms with Gasteiger partial charge >= 0.3 is 0 Å². The van der Waals surface area contributed by atoms with Crippen LogP contribution in [0.25, 0.3) is 0 Å². The predicted octanol–water partition coefficient (Wildman–Crippen LogP) is 2.59. The average molecular weight is 376 g/mol. The van der Waals surface area contributed by atoms with E-state index in [0.717, 1.165) is 6.42 Å². The van der Waals surface area contributed by atoms with Crippen LogP contribution in [0.2, 0.25) is 0 Å². The van der Waals surface area contributed by atoms with Crippen LogP contribution >= 0.6 is 0 Å². The fourth-order valence-corrected chi connectivity index (χ4v) is 3.61. The number of likely N-dealkylation sites (tertiary alicyclic amines) is 1. The Bertz CT molecular complexity index is 636. The van der Waals surface area contributed by atoms with Crippen molar-refractivity contribution in [1.82, 2.24) is 10.2 Å². The second kappa shape index (κ2) is 8.83. The van der Waals surface area contributed by atoms with Gasteiger partial charge in [-0.3, -0.25) is 19.3 Å². The molecule has 150 valence electrons. The van der Waals surface area contributed by atoms with Crippen molar-refractivity contribution in [1.29, 1.82) is 0 Å². The van der Waals surface area contributed by atoms with Gasteiger partial charge in [0.15, 0.2) is 0 Å². The van der Waals surface area contributed by atoms with Crippen molar-refractivity contribution in [2.45, 2.75) is 65.0 Å². The van der Waals surface area contributed by atoms with E-state index in [1.165, 1.54) is 4.90 Å². The minimum atomic E-state index is -0.372. The lowest BCUT2D eigenvalue weighted by Gasteiger charge is -2.27. The van der Waals surface area contributed by atoms with E-state index >= 15 is 0 Å². The van der Waals surface area contributed by atoms with Gasteiger partial charge in [0.25, 0.3) is 5.91 Å². The van der Waals surface area contributed by atoms with Gasteiger partial charge in [0, 0.05) is 30.7 Å². The zero-order chi connectivity index (χ0) is 20.2. The van der Waals surface area contributed by atoms with E-state index < -0.39 is 0 Å². The molecule has 1 N–H and O–H groups in total. The second-order valence-electron chi connectivity index (χ2n) is 8.27. The van der Waals surface area contributed by atoms with Crippen molar-refractivity contribution in [3.05, 3.63) is 24.3 Å². The summed E-state index contributed by atoms with van der Waals surface area (Å²) in [5.41, 5.74) is 0.241. The van der Waals surface area contributed by atoms with Crippen LogP contribution in [-0.2, 0) is 19.1 Å². The summed E-state index contributed by atoms with van der Waals surface area (Å²) in [5.74, 6) is -0.796. The average Bonchev–Trinajstić information content (AvgIpc) is 3.09. The summed E-state index contributed by atoms with van der Waals surface area (Å²) < 4.78 is 5.54. The molecule has 0 bridgehead atoms. The Labute approximate surface area is 162 Å². The van der Waals surface area contributed by atoms with Crippen molar-refractivity contribution in [2.75, 3.05) is 13.2 Å². The number of fused-ring (bicyclic) bond motifs is 1. The topological polar surface area (TPSA) is 75.7 Å². The van der Waals surface area contributed by atoms with Gasteiger partial charge in [-0.1, -0.05) is 12.2 Å². The Hall–Kier alpha value is -1.95. The number of hydrogen-bond acceptors (Lipinski definition) is 4. The third-order valence-electron chi connectivity index (χ3n) is 5.14. The number of ether oxygens (including phenoxy) is 1. The van der Waals surface area contributed by atoms with Gasteiger partial charge in [0.1, 0.15) is 0 Å². The molecule has 0 saturated carbocycles. The summed E-state index contributed by atoms with van der Waals surface area (Å²) in [6, 6.07) is 0. The molecule has 1 heterocycles. The monoisotopic (exact) mass is 376 g/mol. The SMILES string of the molecule is C=CC1CC=C2C(=O)N(CCCC(=O)NC(C)(C)CCOC(C)C)C(=O)C21. The first kappa shape index (κ1) is 21.4. The predicted molar refractivity (Wildman–Crippen MR) is 104 cm³/mol. The molecule has 0 spiro atoms. The van der Waals surface area contributed by atoms with Crippen molar-refractivity contribution >= 4 is 17.7 Å². The number of hydrogen-bond donors (Lipinski definition) is 1. The summed E-state index contributed by atoms with van der Waals surface area (Å²) in [4.78, 5) is 38.5. The van der Waals surface area contributed by atoms with E-state index in [9.17, 15) is 14.4 Å². The van der Waals surface area contributed by atoms with Gasteiger partial charge in [-0.05, 0) is 52.9 Å². The number of rotatable bonds is 10. The maximum Gasteiger partial charge on any atom is 0.256 e. The third kappa shape index (κ3) is 5.28. The van der Waals surface area contributed by atoms with E-state index in [2.05, 4.69) is 11.9 Å². The Kier molecular flexibility index (Phi) is 6.98. The molecule has 0 radical (unpaired) electrons. The quantitative estimate of drug-likeness (QED) is 0.470. The molecule has 2 aliphatic rings. The van der Waals surface area contributed by atoms with Crippen LogP contribution in [0.3, 0.4) is 0 Å². The zero-order valence-corrected chi connectivity index (χ0v) is 16.9. The van der Waals surface area contributed by atoms with Crippen LogP contribution in [0.4, 0.5) is 0 Å². The van der Waals surface area contributed by atoms with Crippen LogP contribution in [0.5, 0.6) is 0 Å². The highest BCUT2D eigenvalue weighted by atomic mass is 16.5. The molecule has 1 saturated heterocycles. The van der Waals surface area contributed by atoms with E-state index in [0.29, 0.717) is 25.0 Å². The standard InChI is InChI=1S/C21H32N2O4/c1-6-15-9-10-16-18(15)20(26)23(19(16)25)12-7-8-17(24)22-21(4,5)11-13-27-14(2)3/h6,10,14-15,18H,1,7-9,11-13H2,2-5H3,(H,22,24). The van der Waals surface area contributed by atoms with Gasteiger partial charge in [-0.2, -0.15) is 0 Å². The highest BCUT2D eigenvalue weighted by Crippen LogP contribution is 2.40. The summed E-state index contributed by atoms with van der Waals surface area (Å²) in [6.07, 6.45) is 5.93. The molecule has 2 unspecified atom stereocenters. The molecule has 2 atom stereocenters. The lowest BCUT2D eigenvalue weighted by Crippen LogP contribution is -2.44. The largest absolute Gasteiger partial charge is 0.379 e. The molecule has 2 rings (SSSR count). The molecule has 6 heteroatoms. The normalized spacial score (nSPS) is 22.3. The van der Waals surface area contributed by atoms with Crippen LogP contribution in [0, 0.1) is 11.8 Å². The molecule has 6 nitrogen and oxygen atoms in total. The molecule has 0 aromatic heterocycles. The highest BCUT2D eigenvalue weighted by Gasteiger charge is 2.48. The molecular formula is C21H32N2O4. The number of nitrogens with zero attached hydrogens (tertiary/aromatic N) is 1. The third-order valence-corrected chi connectivity index (χ3v) is 5.14. The number of carbonyl (C=O) groups is 3. The van der Waals surface area contributed by atoms with Gasteiger partial charge < -0.3 is 10.1 Å². The number of carbonyl (C=O) groups excluding carboxylic acids is 3. The van der Waals surface area contributed by atoms with Crippen molar-refractivity contribution in [3.63, 3.8) is 0 Å². The first-order valence-electron chi connectivity index (χ1n) is 9.77. The zero-order valence-electron chi connectivity index (χ0n) is 16.9. The number of imide groups is 1. The van der Waals surface area contributed by atoms with Crippen molar-refractivity contribution in [3.8, 4) is 0 Å². The Balaban J connectivity index is 1.77. The summed E-state index contributed by atoms with van der Waals surface area (Å²) in [7, 11) is 0. The smallest absolute Gasteiger partial charge is 0.256 e. The maximum atomic E-state index is 12.5. The van der Waals surface area contributed by atoms with Gasteiger partial charge in [0.2, 0.25) is 11.8 Å². The summed E-state index contributed by atoms with van der Waals surface area (Å²) in [5, 5.41) is 3.00. The van der Waals surface area contributed by atoms with E-state index in [-0.39, 0.29) is 54.2 Å². The van der Waals surface area contributed by atoms with E-state index in [1.54, 1.807) is 6.08 Å². The fraction of sp³-hybridized carbons (Fsp3) is 0.667. The minimum Gasteiger partial charge on any atom is -0.379 e. The van der Waals surface area contributed by atoms with Crippen LogP contribution < -0.4 is 5.32 Å². The maximum absolute atomic E-state index is 12.5. The summed E-state index contributed by atoms with van der Waals surface area (Å²) in [6.45, 7) is 12.5. The highest BCUT2D eigenvalue weighted by molar-refractivity contribution is 6.15. The molecule has 1 fully saturated rings. The Morgan fingerprint density at radius 3 is 2.78 bits per heavy atom. The van der Waals surface area contributed by atoms with Crippen LogP contribution in [0.15, 0.2) is 24.3 Å². The molecule has 3 amide bonds. The number of nitrogens with one attached hydrogen (secondary N) is 1. The van der Waals surface area contributed by atoms with Gasteiger partial charge in [0.05, 0.1) is 12.0 Å². The molecular weight excluding hydrogens is 344 g/mol. The van der Waals surface area contributed by atoms with Gasteiger partial charge in [-0.15, -0.1) is 6.58 Å². The number of allylic oxidation sites excluding steroid dienone is 2. The summed E-state index contributed by atoms with van der Waals surface area (Å²) >= 11 is 0. The molecule has 0 aromatic carbocycles. The van der Waals surface area contributed by atoms with E-state index in [1.807, 2.05) is 33.8 Å². The Morgan fingerprint density at radius 1 is 1.44 bits per heavy atom. The van der Waals surface area contributed by atoms with E-state index in [4.69, 9.17) is 4.74 Å². The van der Waals surface area contributed by atoms with Crippen molar-refractivity contribution < 1.29 is 19.1 Å². The van der Waals surface area contributed by atoms with Gasteiger partial charge in [-0.25, -0.2) is 0 Å². The molecule has 1 aliphatic heterocycles. The first-order chi connectivity index (χ1) is 12.7. The number of amides is 3. The van der Waals surface area contributed by atoms with Crippen LogP contribution in [-0.4, -0.2) is 47.4 Å². The lowest BCUT2D eigenvalue weighted by atomic mass is 9.93. The minimum absolute atomic E-state index is 0.0126. The Morgan fingerprint density at radius 2 is 2.15 bits per heavy atom. The fourth-order valence-electron chi connectivity index (χ4n) is 3.61. The molecule has 0 aromatic rings. The van der Waals surface area contributed by atoms with Crippen molar-refractivity contribution in [2.24, 2.45) is 11.8 Å². The second-order valence-corrected chi connectivity index (χ2v) is 8.27. The lowest BCUT2D eigenvalue weighted by molar-refractivity contribution is -0.140. The molecule has 1 aliphatic carbocycles. The van der Waals surface area contributed by atoms with Crippen LogP contribution in [0.1, 0.15) is 53.4 Å².